The molecule has 1 heterocycles. The Balaban J connectivity index is 1.49. The Morgan fingerprint density at radius 2 is 1.27 bits per heavy atom. The molecule has 0 saturated heterocycles. The number of benzene rings is 6. The molecule has 3 heteroatoms. The highest BCUT2D eigenvalue weighted by atomic mass is 79.9. The Hall–Kier alpha value is -4.11. The van der Waals surface area contributed by atoms with Gasteiger partial charge in [0.25, 0.3) is 0 Å². The zero-order chi connectivity index (χ0) is 26.6. The maximum atomic E-state index is 6.80. The van der Waals surface area contributed by atoms with E-state index in [2.05, 4.69) is 125 Å². The Morgan fingerprint density at radius 1 is 0.550 bits per heavy atom. The van der Waals surface area contributed by atoms with Crippen molar-refractivity contribution in [2.24, 2.45) is 0 Å². The van der Waals surface area contributed by atoms with Gasteiger partial charge in [-0.15, -0.1) is 0 Å². The van der Waals surface area contributed by atoms with E-state index >= 15 is 0 Å². The highest BCUT2D eigenvalue weighted by Crippen LogP contribution is 2.65. The average Bonchev–Trinajstić information content (AvgIpc) is 3.60. The topological polar surface area (TPSA) is 13.1 Å². The highest BCUT2D eigenvalue weighted by molar-refractivity contribution is 9.10. The van der Waals surface area contributed by atoms with Gasteiger partial charge in [-0.25, -0.2) is 0 Å². The number of halogens is 2. The second-order valence-corrected chi connectivity index (χ2v) is 12.1. The van der Waals surface area contributed by atoms with E-state index in [1.165, 1.54) is 55.6 Å². The maximum absolute atomic E-state index is 6.80. The summed E-state index contributed by atoms with van der Waals surface area (Å²) >= 11 is 10.6. The van der Waals surface area contributed by atoms with Crippen LogP contribution in [0.1, 0.15) is 22.3 Å². The lowest BCUT2D eigenvalue weighted by Crippen LogP contribution is -2.26. The lowest BCUT2D eigenvalue weighted by molar-refractivity contribution is 0.668. The van der Waals surface area contributed by atoms with Crippen LogP contribution in [0.15, 0.2) is 130 Å². The molecule has 0 aliphatic heterocycles. The lowest BCUT2D eigenvalue weighted by Gasteiger charge is -2.31. The molecule has 1 aromatic heterocycles. The van der Waals surface area contributed by atoms with Crippen molar-refractivity contribution in [3.05, 3.63) is 153 Å². The Bertz CT molecular complexity index is 2190. The summed E-state index contributed by atoms with van der Waals surface area (Å²) in [6.45, 7) is 0. The molecular weight excluding hydrogens is 576 g/mol. The van der Waals surface area contributed by atoms with Crippen LogP contribution in [0.5, 0.6) is 0 Å². The van der Waals surface area contributed by atoms with Crippen LogP contribution in [-0.4, -0.2) is 0 Å². The van der Waals surface area contributed by atoms with Gasteiger partial charge in [-0.2, -0.15) is 0 Å². The SMILES string of the molecule is Clc1ccc2c(c1)C1(c3cc(Br)ccc3-c3ccc(-c4ccccc4)cc31)c1ccc3oc4ccccc4c3c1-2. The van der Waals surface area contributed by atoms with E-state index in [9.17, 15) is 0 Å². The highest BCUT2D eigenvalue weighted by Gasteiger charge is 2.52. The van der Waals surface area contributed by atoms with Crippen molar-refractivity contribution in [2.75, 3.05) is 0 Å². The van der Waals surface area contributed by atoms with Gasteiger partial charge in [0.2, 0.25) is 0 Å². The average molecular weight is 596 g/mol. The molecule has 1 nitrogen and oxygen atoms in total. The quantitative estimate of drug-likeness (QED) is 0.184. The first kappa shape index (κ1) is 22.7. The fourth-order valence-corrected chi connectivity index (χ4v) is 7.82. The molecule has 1 unspecified atom stereocenters. The third kappa shape index (κ3) is 2.78. The zero-order valence-electron chi connectivity index (χ0n) is 21.2. The van der Waals surface area contributed by atoms with E-state index in [0.29, 0.717) is 0 Å². The van der Waals surface area contributed by atoms with E-state index in [1.807, 2.05) is 12.1 Å². The fourth-order valence-electron chi connectivity index (χ4n) is 7.29. The van der Waals surface area contributed by atoms with Gasteiger partial charge in [-0.3, -0.25) is 0 Å². The predicted molar refractivity (Wildman–Crippen MR) is 168 cm³/mol. The largest absolute Gasteiger partial charge is 0.456 e. The molecule has 40 heavy (non-hydrogen) atoms. The minimum atomic E-state index is -0.513. The second-order valence-electron chi connectivity index (χ2n) is 10.7. The number of para-hydroxylation sites is 1. The van der Waals surface area contributed by atoms with Crippen molar-refractivity contribution in [1.82, 2.24) is 0 Å². The summed E-state index contributed by atoms with van der Waals surface area (Å²) in [5, 5.41) is 3.04. The maximum Gasteiger partial charge on any atom is 0.136 e. The molecule has 9 rings (SSSR count). The molecular formula is C37H20BrClO. The Labute approximate surface area is 244 Å². The summed E-state index contributed by atoms with van der Waals surface area (Å²) < 4.78 is 7.43. The lowest BCUT2D eigenvalue weighted by atomic mass is 9.70. The molecule has 1 spiro atoms. The van der Waals surface area contributed by atoms with Crippen molar-refractivity contribution in [2.45, 2.75) is 5.41 Å². The van der Waals surface area contributed by atoms with Crippen molar-refractivity contribution in [3.63, 3.8) is 0 Å². The molecule has 0 fully saturated rings. The van der Waals surface area contributed by atoms with Crippen LogP contribution in [0.4, 0.5) is 0 Å². The summed E-state index contributed by atoms with van der Waals surface area (Å²) in [6, 6.07) is 43.5. The fraction of sp³-hybridized carbons (Fsp3) is 0.0270. The third-order valence-corrected chi connectivity index (χ3v) is 9.54. The first-order valence-electron chi connectivity index (χ1n) is 13.4. The zero-order valence-corrected chi connectivity index (χ0v) is 23.6. The van der Waals surface area contributed by atoms with E-state index < -0.39 is 5.41 Å². The van der Waals surface area contributed by atoms with E-state index in [-0.39, 0.29) is 0 Å². The predicted octanol–water partition coefficient (Wildman–Crippen LogP) is 11.0. The van der Waals surface area contributed by atoms with Gasteiger partial charge >= 0.3 is 0 Å². The molecule has 6 aromatic carbocycles. The van der Waals surface area contributed by atoms with Crippen molar-refractivity contribution in [1.29, 1.82) is 0 Å². The van der Waals surface area contributed by atoms with Crippen LogP contribution >= 0.6 is 27.5 Å². The summed E-state index contributed by atoms with van der Waals surface area (Å²) in [5.74, 6) is 0. The molecule has 7 aromatic rings. The Morgan fingerprint density at radius 3 is 2.15 bits per heavy atom. The molecule has 0 amide bonds. The third-order valence-electron chi connectivity index (χ3n) is 8.81. The summed E-state index contributed by atoms with van der Waals surface area (Å²) in [4.78, 5) is 0. The van der Waals surface area contributed by atoms with Crippen molar-refractivity contribution >= 4 is 49.5 Å². The summed E-state index contributed by atoms with van der Waals surface area (Å²) in [6.07, 6.45) is 0. The molecule has 0 radical (unpaired) electrons. The van der Waals surface area contributed by atoms with E-state index in [4.69, 9.17) is 16.0 Å². The Kier molecular flexibility index (Phi) is 4.52. The minimum absolute atomic E-state index is 0.513. The number of hydrogen-bond donors (Lipinski definition) is 0. The normalized spacial score (nSPS) is 16.4. The minimum Gasteiger partial charge on any atom is -0.456 e. The standard InChI is InChI=1S/C37H20BrClO/c38-23-11-14-26-25-13-10-22(21-6-2-1-3-7-21)18-30(25)37(31(26)19-23)29-16-17-34-36(28-8-4-5-9-33(28)40-34)35(29)27-15-12-24(39)20-32(27)37/h1-20H. The van der Waals surface area contributed by atoms with Crippen LogP contribution in [0.3, 0.4) is 0 Å². The van der Waals surface area contributed by atoms with Crippen molar-refractivity contribution in [3.8, 4) is 33.4 Å². The number of fused-ring (bicyclic) bond motifs is 14. The number of hydrogen-bond acceptors (Lipinski definition) is 1. The molecule has 2 aliphatic rings. The van der Waals surface area contributed by atoms with Gasteiger partial charge in [0.05, 0.1) is 5.41 Å². The van der Waals surface area contributed by atoms with Gasteiger partial charge in [-0.1, -0.05) is 106 Å². The molecule has 0 bridgehead atoms. The molecule has 2 aliphatic carbocycles. The van der Waals surface area contributed by atoms with Gasteiger partial charge in [0.15, 0.2) is 0 Å². The monoisotopic (exact) mass is 594 g/mol. The van der Waals surface area contributed by atoms with Crippen LogP contribution in [-0.2, 0) is 5.41 Å². The van der Waals surface area contributed by atoms with E-state index in [0.717, 1.165) is 31.4 Å². The molecule has 0 saturated carbocycles. The number of rotatable bonds is 1. The van der Waals surface area contributed by atoms with Crippen LogP contribution in [0, 0.1) is 0 Å². The number of furan rings is 1. The molecule has 1 atom stereocenters. The summed E-state index contributed by atoms with van der Waals surface area (Å²) in [5.41, 5.74) is 13.7. The van der Waals surface area contributed by atoms with Crippen LogP contribution < -0.4 is 0 Å². The van der Waals surface area contributed by atoms with Gasteiger partial charge < -0.3 is 4.42 Å². The first-order valence-corrected chi connectivity index (χ1v) is 14.6. The smallest absolute Gasteiger partial charge is 0.136 e. The molecule has 0 N–H and O–H groups in total. The summed E-state index contributed by atoms with van der Waals surface area (Å²) in [7, 11) is 0. The van der Waals surface area contributed by atoms with Crippen LogP contribution in [0.25, 0.3) is 55.3 Å². The first-order chi connectivity index (χ1) is 19.6. The van der Waals surface area contributed by atoms with Crippen molar-refractivity contribution < 1.29 is 4.42 Å². The van der Waals surface area contributed by atoms with E-state index in [1.54, 1.807) is 0 Å². The van der Waals surface area contributed by atoms with Gasteiger partial charge in [0, 0.05) is 20.3 Å². The van der Waals surface area contributed by atoms with Crippen LogP contribution in [0.2, 0.25) is 5.02 Å². The second kappa shape index (κ2) is 7.97. The van der Waals surface area contributed by atoms with Gasteiger partial charge in [0.1, 0.15) is 11.2 Å². The van der Waals surface area contributed by atoms with Gasteiger partial charge in [-0.05, 0) is 98.1 Å². The molecule has 188 valence electrons.